The van der Waals surface area contributed by atoms with Crippen molar-refractivity contribution in [2.24, 2.45) is 0 Å². The van der Waals surface area contributed by atoms with Gasteiger partial charge in [0.25, 0.3) is 0 Å². The van der Waals surface area contributed by atoms with Gasteiger partial charge in [-0.15, -0.1) is 0 Å². The maximum atomic E-state index is 4.65. The first kappa shape index (κ1) is 13.9. The summed E-state index contributed by atoms with van der Waals surface area (Å²) in [6, 6.07) is 9.41. The van der Waals surface area contributed by atoms with Crippen molar-refractivity contribution < 1.29 is 0 Å². The van der Waals surface area contributed by atoms with Gasteiger partial charge in [-0.05, 0) is 31.0 Å². The summed E-state index contributed by atoms with van der Waals surface area (Å²) in [5.41, 5.74) is 2.51. The lowest BCUT2D eigenvalue weighted by Crippen LogP contribution is -2.31. The van der Waals surface area contributed by atoms with Crippen LogP contribution in [-0.4, -0.2) is 34.9 Å². The second kappa shape index (κ2) is 5.39. The van der Waals surface area contributed by atoms with Crippen LogP contribution in [-0.2, 0) is 6.42 Å². The first-order chi connectivity index (χ1) is 10.1. The monoisotopic (exact) mass is 285 g/mol. The summed E-state index contributed by atoms with van der Waals surface area (Å²) in [7, 11) is 4.12. The Morgan fingerprint density at radius 1 is 1.29 bits per heavy atom. The van der Waals surface area contributed by atoms with Gasteiger partial charge in [-0.2, -0.15) is 10.1 Å². The zero-order valence-corrected chi connectivity index (χ0v) is 13.2. The largest absolute Gasteiger partial charge is 0.378 e. The Labute approximate surface area is 126 Å². The highest BCUT2D eigenvalue weighted by molar-refractivity contribution is 5.47. The number of anilines is 2. The Balaban J connectivity index is 1.96. The third-order valence-electron chi connectivity index (χ3n) is 4.03. The quantitative estimate of drug-likeness (QED) is 0.942. The lowest BCUT2D eigenvalue weighted by Gasteiger charge is -2.29. The minimum atomic E-state index is 0.264. The van der Waals surface area contributed by atoms with Crippen LogP contribution in [0.15, 0.2) is 24.3 Å². The van der Waals surface area contributed by atoms with Crippen LogP contribution in [0.5, 0.6) is 0 Å². The fraction of sp³-hybridized carbons (Fsp3) is 0.500. The third kappa shape index (κ3) is 2.60. The van der Waals surface area contributed by atoms with Crippen LogP contribution < -0.4 is 10.2 Å². The summed E-state index contributed by atoms with van der Waals surface area (Å²) >= 11 is 0. The molecule has 2 heterocycles. The molecule has 1 N–H and O–H groups in total. The van der Waals surface area contributed by atoms with Crippen LogP contribution >= 0.6 is 0 Å². The Bertz CT molecular complexity index is 614. The molecule has 0 amide bonds. The van der Waals surface area contributed by atoms with E-state index in [4.69, 9.17) is 0 Å². The van der Waals surface area contributed by atoms with Crippen molar-refractivity contribution in [1.29, 1.82) is 0 Å². The highest BCUT2D eigenvalue weighted by atomic mass is 15.4. The number of rotatable bonds is 3. The van der Waals surface area contributed by atoms with E-state index in [0.29, 0.717) is 6.04 Å². The number of nitrogens with zero attached hydrogens (tertiary/aromatic N) is 4. The number of aryl methyl sites for hydroxylation is 1. The highest BCUT2D eigenvalue weighted by Crippen LogP contribution is 2.31. The lowest BCUT2D eigenvalue weighted by atomic mass is 9.98. The second-order valence-corrected chi connectivity index (χ2v) is 5.93. The van der Waals surface area contributed by atoms with E-state index in [-0.39, 0.29) is 6.04 Å². The topological polar surface area (TPSA) is 46.0 Å². The number of fused-ring (bicyclic) bond motifs is 1. The van der Waals surface area contributed by atoms with Crippen LogP contribution in [0.1, 0.15) is 37.7 Å². The highest BCUT2D eigenvalue weighted by Gasteiger charge is 2.27. The predicted octanol–water partition coefficient (Wildman–Crippen LogP) is 2.70. The number of nitrogens with one attached hydrogen (secondary N) is 1. The number of aromatic nitrogens is 3. The van der Waals surface area contributed by atoms with Crippen molar-refractivity contribution in [3.05, 3.63) is 35.7 Å². The van der Waals surface area contributed by atoms with Gasteiger partial charge in [0.2, 0.25) is 5.95 Å². The van der Waals surface area contributed by atoms with Crippen molar-refractivity contribution in [2.45, 2.75) is 38.8 Å². The van der Waals surface area contributed by atoms with Crippen molar-refractivity contribution >= 4 is 11.6 Å². The second-order valence-electron chi connectivity index (χ2n) is 5.93. The Kier molecular flexibility index (Phi) is 3.57. The molecular formula is C16H23N5. The van der Waals surface area contributed by atoms with E-state index in [1.807, 2.05) is 4.68 Å². The zero-order chi connectivity index (χ0) is 15.0. The molecule has 1 aromatic heterocycles. The number of benzene rings is 1. The van der Waals surface area contributed by atoms with Gasteiger partial charge in [-0.3, -0.25) is 0 Å². The fourth-order valence-electron chi connectivity index (χ4n) is 2.82. The molecule has 1 aliphatic heterocycles. The molecular weight excluding hydrogens is 262 g/mol. The molecule has 2 aromatic rings. The summed E-state index contributed by atoms with van der Waals surface area (Å²) in [5, 5.41) is 8.08. The Morgan fingerprint density at radius 3 is 2.62 bits per heavy atom. The van der Waals surface area contributed by atoms with Gasteiger partial charge in [0, 0.05) is 32.2 Å². The van der Waals surface area contributed by atoms with Crippen LogP contribution in [0.2, 0.25) is 0 Å². The Morgan fingerprint density at radius 2 is 2.00 bits per heavy atom. The molecule has 3 rings (SSSR count). The minimum Gasteiger partial charge on any atom is -0.378 e. The normalized spacial score (nSPS) is 20.8. The van der Waals surface area contributed by atoms with Gasteiger partial charge in [0.1, 0.15) is 0 Å². The van der Waals surface area contributed by atoms with E-state index in [9.17, 15) is 0 Å². The van der Waals surface area contributed by atoms with Gasteiger partial charge >= 0.3 is 0 Å². The first-order valence-corrected chi connectivity index (χ1v) is 7.57. The molecule has 2 atom stereocenters. The standard InChI is InChI=1S/C16H23N5/c1-5-15-18-16-17-11(2)10-14(21(16)19-15)12-6-8-13(9-7-12)20(3)4/h6-9,11,14H,5,10H2,1-4H3,(H,17,18,19)/t11-,14-/m1/s1. The Hall–Kier alpha value is -2.04. The molecule has 1 aliphatic rings. The molecule has 0 fully saturated rings. The molecule has 112 valence electrons. The molecule has 0 saturated carbocycles. The van der Waals surface area contributed by atoms with E-state index in [1.165, 1.54) is 11.3 Å². The van der Waals surface area contributed by atoms with E-state index < -0.39 is 0 Å². The number of hydrogen-bond donors (Lipinski definition) is 1. The maximum Gasteiger partial charge on any atom is 0.222 e. The average molecular weight is 285 g/mol. The molecule has 5 nitrogen and oxygen atoms in total. The summed E-state index contributed by atoms with van der Waals surface area (Å²) in [6.07, 6.45) is 1.89. The average Bonchev–Trinajstić information content (AvgIpc) is 2.89. The molecule has 21 heavy (non-hydrogen) atoms. The van der Waals surface area contributed by atoms with E-state index >= 15 is 0 Å². The fourth-order valence-corrected chi connectivity index (χ4v) is 2.82. The molecule has 0 saturated heterocycles. The van der Waals surface area contributed by atoms with Crippen LogP contribution in [0.4, 0.5) is 11.6 Å². The van der Waals surface area contributed by atoms with E-state index in [1.54, 1.807) is 0 Å². The molecule has 0 unspecified atom stereocenters. The smallest absolute Gasteiger partial charge is 0.222 e. The predicted molar refractivity (Wildman–Crippen MR) is 86.0 cm³/mol. The summed E-state index contributed by atoms with van der Waals surface area (Å²) in [4.78, 5) is 6.69. The van der Waals surface area contributed by atoms with Gasteiger partial charge in [0.15, 0.2) is 5.82 Å². The summed E-state index contributed by atoms with van der Waals surface area (Å²) < 4.78 is 2.05. The third-order valence-corrected chi connectivity index (χ3v) is 4.03. The first-order valence-electron chi connectivity index (χ1n) is 7.57. The number of hydrogen-bond acceptors (Lipinski definition) is 4. The van der Waals surface area contributed by atoms with Gasteiger partial charge in [-0.1, -0.05) is 19.1 Å². The summed E-state index contributed by atoms with van der Waals surface area (Å²) in [5.74, 6) is 1.80. The van der Waals surface area contributed by atoms with Gasteiger partial charge < -0.3 is 10.2 Å². The maximum absolute atomic E-state index is 4.65. The lowest BCUT2D eigenvalue weighted by molar-refractivity contribution is 0.435. The molecule has 0 aliphatic carbocycles. The molecule has 0 spiro atoms. The van der Waals surface area contributed by atoms with Crippen LogP contribution in [0, 0.1) is 0 Å². The molecule has 5 heteroatoms. The summed E-state index contributed by atoms with van der Waals surface area (Å²) in [6.45, 7) is 4.29. The van der Waals surface area contributed by atoms with Crippen LogP contribution in [0.3, 0.4) is 0 Å². The minimum absolute atomic E-state index is 0.264. The van der Waals surface area contributed by atoms with Crippen LogP contribution in [0.25, 0.3) is 0 Å². The molecule has 0 bridgehead atoms. The van der Waals surface area contributed by atoms with Crippen molar-refractivity contribution in [3.63, 3.8) is 0 Å². The molecule has 0 radical (unpaired) electrons. The zero-order valence-electron chi connectivity index (χ0n) is 13.2. The van der Waals surface area contributed by atoms with Gasteiger partial charge in [0.05, 0.1) is 6.04 Å². The van der Waals surface area contributed by atoms with E-state index in [2.05, 4.69) is 72.5 Å². The van der Waals surface area contributed by atoms with E-state index in [0.717, 1.165) is 24.6 Å². The van der Waals surface area contributed by atoms with Crippen molar-refractivity contribution in [3.8, 4) is 0 Å². The van der Waals surface area contributed by atoms with Gasteiger partial charge in [-0.25, -0.2) is 4.68 Å². The molecule has 1 aromatic carbocycles. The SMILES string of the molecule is CCc1nc2n(n1)[C@@H](c1ccc(N(C)C)cc1)C[C@@H](C)N2. The van der Waals surface area contributed by atoms with Crippen molar-refractivity contribution in [2.75, 3.05) is 24.3 Å². The van der Waals surface area contributed by atoms with Crippen molar-refractivity contribution in [1.82, 2.24) is 14.8 Å².